The van der Waals surface area contributed by atoms with Gasteiger partial charge in [-0.15, -0.1) is 37.9 Å². The predicted octanol–water partition coefficient (Wildman–Crippen LogP) is 5.68. The number of likely N-dealkylation sites (tertiary alicyclic amines) is 1. The van der Waals surface area contributed by atoms with E-state index in [-0.39, 0.29) is 25.9 Å². The molecule has 0 radical (unpaired) electrons. The summed E-state index contributed by atoms with van der Waals surface area (Å²) in [7, 11) is -1.96. The number of unbranched alkanes of at least 4 members (excludes halogenated alkanes) is 1. The van der Waals surface area contributed by atoms with E-state index in [0.29, 0.717) is 32.1 Å². The highest BCUT2D eigenvalue weighted by atomic mass is 32.2. The summed E-state index contributed by atoms with van der Waals surface area (Å²) in [4.78, 5) is 19.1. The van der Waals surface area contributed by atoms with Gasteiger partial charge in [0.25, 0.3) is 0 Å². The number of thiol groups is 3. The van der Waals surface area contributed by atoms with Gasteiger partial charge in [0.15, 0.2) is 4.75 Å². The Morgan fingerprint density at radius 2 is 1.48 bits per heavy atom. The zero-order valence-corrected chi connectivity index (χ0v) is 29.5. The highest BCUT2D eigenvalue weighted by molar-refractivity contribution is 7.91. The standard InChI is InChI=1S/C25H42N4O3S4.2C2H6/c1-5-6-7-17(2)16-19-18(3)21(33)20(23(35)22(19)34)28-12-14-29(15-13-28)36(31,32)25(24(26)30)8-10-27(4)11-9-25;2*1-2/h17,33-35H,5-16H2,1-4H3,(H2,26,30);2*1-2H3. The lowest BCUT2D eigenvalue weighted by atomic mass is 9.93. The number of carbonyl (C=O) groups excluding carboxylic acids is 1. The molecular formula is C29H54N4O3S4. The van der Waals surface area contributed by atoms with Gasteiger partial charge in [0.05, 0.1) is 5.69 Å². The van der Waals surface area contributed by atoms with Gasteiger partial charge in [-0.05, 0) is 63.4 Å². The van der Waals surface area contributed by atoms with Crippen LogP contribution in [0.2, 0.25) is 0 Å². The first-order chi connectivity index (χ1) is 18.9. The van der Waals surface area contributed by atoms with Crippen molar-refractivity contribution in [1.82, 2.24) is 9.21 Å². The number of carbonyl (C=O) groups is 1. The number of hydrogen-bond donors (Lipinski definition) is 4. The van der Waals surface area contributed by atoms with Crippen molar-refractivity contribution in [2.75, 3.05) is 51.2 Å². The van der Waals surface area contributed by atoms with E-state index in [1.54, 1.807) is 0 Å². The monoisotopic (exact) mass is 634 g/mol. The Bertz CT molecular complexity index is 1040. The fourth-order valence-corrected chi connectivity index (χ4v) is 8.75. The number of anilines is 1. The van der Waals surface area contributed by atoms with E-state index in [4.69, 9.17) is 43.6 Å². The molecule has 0 bridgehead atoms. The van der Waals surface area contributed by atoms with Gasteiger partial charge < -0.3 is 15.5 Å². The molecular weight excluding hydrogens is 581 g/mol. The third-order valence-electron chi connectivity index (χ3n) is 8.00. The first-order valence-electron chi connectivity index (χ1n) is 14.9. The second kappa shape index (κ2) is 16.9. The minimum absolute atomic E-state index is 0.226. The molecule has 1 aromatic carbocycles. The van der Waals surface area contributed by atoms with Crippen molar-refractivity contribution in [2.45, 2.75) is 106 Å². The smallest absolute Gasteiger partial charge is 0.240 e. The van der Waals surface area contributed by atoms with Crippen LogP contribution in [0.4, 0.5) is 5.69 Å². The zero-order valence-electron chi connectivity index (χ0n) is 26.0. The third kappa shape index (κ3) is 8.07. The van der Waals surface area contributed by atoms with Crippen molar-refractivity contribution in [2.24, 2.45) is 11.7 Å². The molecule has 2 saturated heterocycles. The number of nitrogens with zero attached hydrogens (tertiary/aromatic N) is 3. The molecule has 1 unspecified atom stereocenters. The fraction of sp³-hybridized carbons (Fsp3) is 0.759. The summed E-state index contributed by atoms with van der Waals surface area (Å²) in [5.74, 6) is -0.195. The van der Waals surface area contributed by atoms with E-state index in [2.05, 4.69) is 25.7 Å². The molecule has 2 aliphatic rings. The summed E-state index contributed by atoms with van der Waals surface area (Å²) in [6, 6.07) is 0. The Hall–Kier alpha value is -0.590. The van der Waals surface area contributed by atoms with Gasteiger partial charge >= 0.3 is 0 Å². The average Bonchev–Trinajstić information content (AvgIpc) is 2.96. The number of piperazine rings is 1. The minimum Gasteiger partial charge on any atom is -0.368 e. The van der Waals surface area contributed by atoms with Crippen LogP contribution in [0, 0.1) is 12.8 Å². The van der Waals surface area contributed by atoms with Crippen LogP contribution in [0.25, 0.3) is 0 Å². The van der Waals surface area contributed by atoms with Crippen molar-refractivity contribution >= 4 is 59.5 Å². The van der Waals surface area contributed by atoms with E-state index in [1.165, 1.54) is 29.1 Å². The lowest BCUT2D eigenvalue weighted by molar-refractivity contribution is -0.121. The molecule has 7 nitrogen and oxygen atoms in total. The van der Waals surface area contributed by atoms with Gasteiger partial charge in [0, 0.05) is 40.9 Å². The van der Waals surface area contributed by atoms with Gasteiger partial charge in [-0.25, -0.2) is 8.42 Å². The highest BCUT2D eigenvalue weighted by Gasteiger charge is 2.53. The topological polar surface area (TPSA) is 87.0 Å². The molecule has 2 aliphatic heterocycles. The summed E-state index contributed by atoms with van der Waals surface area (Å²) in [6.45, 7) is 17.1. The largest absolute Gasteiger partial charge is 0.368 e. The average molecular weight is 635 g/mol. The van der Waals surface area contributed by atoms with Crippen LogP contribution in [-0.2, 0) is 21.2 Å². The van der Waals surface area contributed by atoms with Crippen molar-refractivity contribution in [3.8, 4) is 0 Å². The molecule has 2 heterocycles. The number of benzene rings is 1. The van der Waals surface area contributed by atoms with Crippen LogP contribution in [-0.4, -0.2) is 74.6 Å². The summed E-state index contributed by atoms with van der Waals surface area (Å²) in [5.41, 5.74) is 8.90. The number of rotatable bonds is 9. The van der Waals surface area contributed by atoms with E-state index in [1.807, 2.05) is 39.6 Å². The van der Waals surface area contributed by atoms with Crippen molar-refractivity contribution in [3.63, 3.8) is 0 Å². The Morgan fingerprint density at radius 3 is 1.95 bits per heavy atom. The number of piperidine rings is 1. The minimum atomic E-state index is -3.89. The lowest BCUT2D eigenvalue weighted by Crippen LogP contribution is -2.62. The van der Waals surface area contributed by atoms with Crippen molar-refractivity contribution < 1.29 is 13.2 Å². The SMILES string of the molecule is CC.CC.CCCCC(C)Cc1c(C)c(S)c(N2CCN(S(=O)(=O)C3(C(N)=O)CCN(C)CC3)CC2)c(S)c1S. The third-order valence-corrected chi connectivity index (χ3v) is 12.3. The number of primary amides is 1. The lowest BCUT2D eigenvalue weighted by Gasteiger charge is -2.43. The molecule has 11 heteroatoms. The van der Waals surface area contributed by atoms with Crippen LogP contribution >= 0.6 is 37.9 Å². The van der Waals surface area contributed by atoms with Crippen molar-refractivity contribution in [3.05, 3.63) is 11.1 Å². The van der Waals surface area contributed by atoms with Crippen LogP contribution in [0.5, 0.6) is 0 Å². The van der Waals surface area contributed by atoms with E-state index in [9.17, 15) is 13.2 Å². The summed E-state index contributed by atoms with van der Waals surface area (Å²) < 4.78 is 27.2. The predicted molar refractivity (Wildman–Crippen MR) is 179 cm³/mol. The van der Waals surface area contributed by atoms with Gasteiger partial charge in [-0.1, -0.05) is 60.8 Å². The first-order valence-corrected chi connectivity index (χ1v) is 17.6. The molecule has 3 rings (SSSR count). The van der Waals surface area contributed by atoms with Crippen molar-refractivity contribution in [1.29, 1.82) is 0 Å². The van der Waals surface area contributed by atoms with Gasteiger partial charge in [-0.2, -0.15) is 4.31 Å². The zero-order chi connectivity index (χ0) is 30.8. The van der Waals surface area contributed by atoms with E-state index >= 15 is 0 Å². The Kier molecular flexibility index (Phi) is 15.8. The number of nitrogens with two attached hydrogens (primary N) is 1. The number of amides is 1. The number of sulfonamides is 1. The molecule has 0 aliphatic carbocycles. The van der Waals surface area contributed by atoms with Crippen LogP contribution in [0.1, 0.15) is 84.8 Å². The van der Waals surface area contributed by atoms with Crippen LogP contribution < -0.4 is 10.6 Å². The summed E-state index contributed by atoms with van der Waals surface area (Å²) in [6.07, 6.45) is 4.96. The molecule has 232 valence electrons. The first kappa shape index (κ1) is 37.4. The van der Waals surface area contributed by atoms with E-state index in [0.717, 1.165) is 32.4 Å². The Balaban J connectivity index is 0.00000191. The maximum atomic E-state index is 13.7. The summed E-state index contributed by atoms with van der Waals surface area (Å²) >= 11 is 14.6. The molecule has 40 heavy (non-hydrogen) atoms. The molecule has 1 amide bonds. The Morgan fingerprint density at radius 1 is 0.950 bits per heavy atom. The number of hydrogen-bond acceptors (Lipinski definition) is 8. The molecule has 2 fully saturated rings. The molecule has 0 spiro atoms. The highest BCUT2D eigenvalue weighted by Crippen LogP contribution is 2.43. The second-order valence-corrected chi connectivity index (χ2v) is 14.1. The normalized spacial score (nSPS) is 18.7. The second-order valence-electron chi connectivity index (χ2n) is 10.5. The van der Waals surface area contributed by atoms with Crippen LogP contribution in [0.3, 0.4) is 0 Å². The maximum absolute atomic E-state index is 13.7. The molecule has 0 aromatic heterocycles. The quantitative estimate of drug-likeness (QED) is 0.263. The van der Waals surface area contributed by atoms with E-state index < -0.39 is 20.7 Å². The summed E-state index contributed by atoms with van der Waals surface area (Å²) in [5, 5.41) is 0. The molecule has 0 saturated carbocycles. The fourth-order valence-electron chi connectivity index (χ4n) is 5.43. The van der Waals surface area contributed by atoms with Gasteiger partial charge in [-0.3, -0.25) is 4.79 Å². The van der Waals surface area contributed by atoms with Gasteiger partial charge in [0.2, 0.25) is 15.9 Å². The van der Waals surface area contributed by atoms with Crippen LogP contribution in [0.15, 0.2) is 14.7 Å². The molecule has 1 aromatic rings. The molecule has 1 atom stereocenters. The maximum Gasteiger partial charge on any atom is 0.240 e. The van der Waals surface area contributed by atoms with Gasteiger partial charge in [0.1, 0.15) is 0 Å². The Labute approximate surface area is 261 Å². The molecule has 2 N–H and O–H groups in total.